The zero-order valence-corrected chi connectivity index (χ0v) is 6.95. The Bertz CT molecular complexity index is 273. The summed E-state index contributed by atoms with van der Waals surface area (Å²) in [5.74, 6) is 0.532. The summed E-state index contributed by atoms with van der Waals surface area (Å²) < 4.78 is 5.20. The summed E-state index contributed by atoms with van der Waals surface area (Å²) in [7, 11) is 0. The lowest BCUT2D eigenvalue weighted by Gasteiger charge is -2.11. The van der Waals surface area contributed by atoms with Gasteiger partial charge in [0, 0.05) is 11.8 Å². The summed E-state index contributed by atoms with van der Waals surface area (Å²) >= 11 is 0. The minimum Gasteiger partial charge on any atom is -0.474 e. The maximum absolute atomic E-state index is 5.60. The highest BCUT2D eigenvalue weighted by Crippen LogP contribution is 2.24. The second-order valence-corrected chi connectivity index (χ2v) is 2.62. The van der Waals surface area contributed by atoms with Gasteiger partial charge < -0.3 is 16.2 Å². The molecule has 4 nitrogen and oxygen atoms in total. The third kappa shape index (κ3) is 2.03. The van der Waals surface area contributed by atoms with Gasteiger partial charge in [-0.3, -0.25) is 5.73 Å². The van der Waals surface area contributed by atoms with Crippen molar-refractivity contribution in [3.05, 3.63) is 18.2 Å². The van der Waals surface area contributed by atoms with E-state index in [4.69, 9.17) is 21.9 Å². The molecule has 0 spiro atoms. The minimum absolute atomic E-state index is 0.380. The van der Waals surface area contributed by atoms with Crippen LogP contribution in [0.25, 0.3) is 0 Å². The van der Waals surface area contributed by atoms with Gasteiger partial charge in [0.2, 0.25) is 0 Å². The predicted octanol–water partition coefficient (Wildman–Crippen LogP) is 0.534. The maximum atomic E-state index is 5.60. The van der Waals surface area contributed by atoms with Crippen molar-refractivity contribution in [2.75, 3.05) is 11.5 Å². The topological polar surface area (TPSA) is 87.3 Å². The molecule has 0 fully saturated rings. The summed E-state index contributed by atoms with van der Waals surface area (Å²) in [4.78, 5) is 0. The molecule has 1 unspecified atom stereocenters. The van der Waals surface area contributed by atoms with Crippen molar-refractivity contribution >= 4 is 11.4 Å². The molecule has 0 bridgehead atoms. The van der Waals surface area contributed by atoms with Gasteiger partial charge in [-0.15, -0.1) is 0 Å². The number of rotatable bonds is 2. The molecular formula is C8H13N3O. The van der Waals surface area contributed by atoms with Crippen molar-refractivity contribution in [2.45, 2.75) is 13.2 Å². The van der Waals surface area contributed by atoms with Crippen molar-refractivity contribution in [3.8, 4) is 5.75 Å². The summed E-state index contributed by atoms with van der Waals surface area (Å²) in [5, 5.41) is 0. The van der Waals surface area contributed by atoms with Crippen molar-refractivity contribution in [2.24, 2.45) is 5.73 Å². The Morgan fingerprint density at radius 2 is 2.00 bits per heavy atom. The van der Waals surface area contributed by atoms with Crippen LogP contribution in [0.5, 0.6) is 5.75 Å². The van der Waals surface area contributed by atoms with Crippen LogP contribution in [-0.2, 0) is 0 Å². The van der Waals surface area contributed by atoms with E-state index in [9.17, 15) is 0 Å². The van der Waals surface area contributed by atoms with Gasteiger partial charge in [-0.1, -0.05) is 0 Å². The van der Waals surface area contributed by atoms with Crippen LogP contribution in [0.2, 0.25) is 0 Å². The zero-order chi connectivity index (χ0) is 9.14. The van der Waals surface area contributed by atoms with Gasteiger partial charge in [0.1, 0.15) is 12.0 Å². The lowest BCUT2D eigenvalue weighted by Crippen LogP contribution is -2.22. The molecule has 1 aromatic carbocycles. The van der Waals surface area contributed by atoms with Gasteiger partial charge in [-0.25, -0.2) is 0 Å². The fourth-order valence-corrected chi connectivity index (χ4v) is 0.853. The Morgan fingerprint density at radius 1 is 1.33 bits per heavy atom. The molecule has 0 radical (unpaired) electrons. The van der Waals surface area contributed by atoms with Crippen LogP contribution in [-0.4, -0.2) is 6.23 Å². The van der Waals surface area contributed by atoms with E-state index in [1.54, 1.807) is 25.1 Å². The smallest absolute Gasteiger partial charge is 0.146 e. The van der Waals surface area contributed by atoms with Gasteiger partial charge in [-0.2, -0.15) is 0 Å². The molecule has 4 heteroatoms. The minimum atomic E-state index is -0.380. The second-order valence-electron chi connectivity index (χ2n) is 2.62. The van der Waals surface area contributed by atoms with Crippen molar-refractivity contribution in [3.63, 3.8) is 0 Å². The van der Waals surface area contributed by atoms with E-state index >= 15 is 0 Å². The van der Waals surface area contributed by atoms with E-state index in [-0.39, 0.29) is 6.23 Å². The first-order valence-electron chi connectivity index (χ1n) is 3.67. The lowest BCUT2D eigenvalue weighted by molar-refractivity contribution is 0.231. The fraction of sp³-hybridized carbons (Fsp3) is 0.250. The second kappa shape index (κ2) is 3.32. The molecule has 1 atom stereocenters. The van der Waals surface area contributed by atoms with Crippen LogP contribution in [0.3, 0.4) is 0 Å². The third-order valence-corrected chi connectivity index (χ3v) is 1.35. The monoisotopic (exact) mass is 167 g/mol. The number of hydrogen-bond donors (Lipinski definition) is 3. The highest BCUT2D eigenvalue weighted by molar-refractivity contribution is 5.59. The first kappa shape index (κ1) is 8.67. The van der Waals surface area contributed by atoms with E-state index < -0.39 is 0 Å². The van der Waals surface area contributed by atoms with Gasteiger partial charge in [0.25, 0.3) is 0 Å². The molecule has 0 aliphatic heterocycles. The van der Waals surface area contributed by atoms with Crippen LogP contribution in [0.15, 0.2) is 18.2 Å². The normalized spacial score (nSPS) is 12.5. The van der Waals surface area contributed by atoms with Crippen molar-refractivity contribution < 1.29 is 4.74 Å². The highest BCUT2D eigenvalue weighted by Gasteiger charge is 2.02. The molecule has 0 aromatic heterocycles. The average Bonchev–Trinajstić information content (AvgIpc) is 1.96. The zero-order valence-electron chi connectivity index (χ0n) is 6.95. The summed E-state index contributed by atoms with van der Waals surface area (Å²) in [5.41, 5.74) is 17.7. The Kier molecular flexibility index (Phi) is 2.40. The van der Waals surface area contributed by atoms with E-state index in [2.05, 4.69) is 0 Å². The SMILES string of the molecule is CC(N)Oc1cc(N)ccc1N. The number of nitrogens with two attached hydrogens (primary N) is 3. The molecule has 0 amide bonds. The summed E-state index contributed by atoms with van der Waals surface area (Å²) in [6.45, 7) is 1.72. The van der Waals surface area contributed by atoms with Gasteiger partial charge >= 0.3 is 0 Å². The first-order valence-corrected chi connectivity index (χ1v) is 3.67. The quantitative estimate of drug-likeness (QED) is 0.443. The van der Waals surface area contributed by atoms with Crippen LogP contribution >= 0.6 is 0 Å². The Labute approximate surface area is 71.3 Å². The van der Waals surface area contributed by atoms with E-state index in [1.807, 2.05) is 0 Å². The number of nitrogen functional groups attached to an aromatic ring is 2. The highest BCUT2D eigenvalue weighted by atomic mass is 16.5. The Morgan fingerprint density at radius 3 is 2.58 bits per heavy atom. The van der Waals surface area contributed by atoms with Gasteiger partial charge in [0.15, 0.2) is 0 Å². The van der Waals surface area contributed by atoms with Crippen molar-refractivity contribution in [1.29, 1.82) is 0 Å². The lowest BCUT2D eigenvalue weighted by atomic mass is 10.2. The van der Waals surface area contributed by atoms with Gasteiger partial charge in [0.05, 0.1) is 5.69 Å². The molecule has 0 aliphatic rings. The maximum Gasteiger partial charge on any atom is 0.146 e. The Balaban J connectivity index is 2.90. The summed E-state index contributed by atoms with van der Waals surface area (Å²) in [6, 6.07) is 5.05. The van der Waals surface area contributed by atoms with Crippen LogP contribution in [0, 0.1) is 0 Å². The molecule has 6 N–H and O–H groups in total. The molecule has 12 heavy (non-hydrogen) atoms. The number of anilines is 2. The molecule has 1 rings (SSSR count). The van der Waals surface area contributed by atoms with E-state index in [0.717, 1.165) is 0 Å². The standard InChI is InChI=1S/C8H13N3O/c1-5(9)12-8-4-6(10)2-3-7(8)11/h2-5H,9-11H2,1H3. The first-order chi connectivity index (χ1) is 5.59. The number of hydrogen-bond acceptors (Lipinski definition) is 4. The number of benzene rings is 1. The van der Waals surface area contributed by atoms with E-state index in [0.29, 0.717) is 17.1 Å². The number of ether oxygens (including phenoxy) is 1. The molecule has 66 valence electrons. The van der Waals surface area contributed by atoms with Gasteiger partial charge in [-0.05, 0) is 19.1 Å². The predicted molar refractivity (Wildman–Crippen MR) is 49.5 cm³/mol. The molecule has 0 saturated heterocycles. The summed E-state index contributed by atoms with van der Waals surface area (Å²) in [6.07, 6.45) is -0.380. The van der Waals surface area contributed by atoms with Crippen LogP contribution in [0.4, 0.5) is 11.4 Å². The Hall–Kier alpha value is -1.42. The molecule has 0 aliphatic carbocycles. The van der Waals surface area contributed by atoms with Crippen LogP contribution in [0.1, 0.15) is 6.92 Å². The fourth-order valence-electron chi connectivity index (χ4n) is 0.853. The van der Waals surface area contributed by atoms with E-state index in [1.165, 1.54) is 0 Å². The average molecular weight is 167 g/mol. The molecule has 1 aromatic rings. The van der Waals surface area contributed by atoms with Crippen LogP contribution < -0.4 is 21.9 Å². The molecule has 0 heterocycles. The van der Waals surface area contributed by atoms with Crippen molar-refractivity contribution in [1.82, 2.24) is 0 Å². The largest absolute Gasteiger partial charge is 0.474 e. The third-order valence-electron chi connectivity index (χ3n) is 1.35. The molecular weight excluding hydrogens is 154 g/mol. The molecule has 0 saturated carbocycles.